The number of carbonyl (C=O) groups excluding carboxylic acids is 2. The summed E-state index contributed by atoms with van der Waals surface area (Å²) in [5, 5.41) is 8.23. The van der Waals surface area contributed by atoms with Crippen LogP contribution in [0, 0.1) is 0 Å². The highest BCUT2D eigenvalue weighted by molar-refractivity contribution is 5.91. The largest absolute Gasteiger partial charge is 0.444 e. The molecule has 41 heavy (non-hydrogen) atoms. The number of amides is 2. The predicted molar refractivity (Wildman–Crippen MR) is 152 cm³/mol. The van der Waals surface area contributed by atoms with E-state index in [1.54, 1.807) is 58.1 Å². The van der Waals surface area contributed by atoms with Crippen molar-refractivity contribution in [2.24, 2.45) is 0 Å². The molecule has 0 atom stereocenters. The zero-order valence-corrected chi connectivity index (χ0v) is 24.3. The third-order valence-corrected chi connectivity index (χ3v) is 7.13. The lowest BCUT2D eigenvalue weighted by Crippen LogP contribution is -2.57. The number of aromatic nitrogens is 6. The van der Waals surface area contributed by atoms with Crippen molar-refractivity contribution in [3.8, 4) is 11.3 Å². The smallest absolute Gasteiger partial charge is 0.408 e. The molecule has 2 aliphatic heterocycles. The van der Waals surface area contributed by atoms with Crippen LogP contribution in [0.3, 0.4) is 0 Å². The molecule has 2 aliphatic rings. The van der Waals surface area contributed by atoms with Crippen LogP contribution in [0.1, 0.15) is 53.5 Å². The van der Waals surface area contributed by atoms with E-state index >= 15 is 0 Å². The molecule has 14 nitrogen and oxygen atoms in total. The average Bonchev–Trinajstić information content (AvgIpc) is 3.36. The first-order valence-electron chi connectivity index (χ1n) is 13.9. The molecule has 0 bridgehead atoms. The summed E-state index contributed by atoms with van der Waals surface area (Å²) in [6.45, 7) is 12.4. The molecule has 0 spiro atoms. The van der Waals surface area contributed by atoms with Crippen molar-refractivity contribution in [3.63, 3.8) is 0 Å². The SMILES string of the molecule is CC(C)(C)OC(=O)NC(C)(C)C(=O)N1CCC(n2ncc3c(-c4cnc(N)nc4)nc(N4CCOCC4)nc32)CC1. The number of nitrogens with one attached hydrogen (secondary N) is 1. The lowest BCUT2D eigenvalue weighted by atomic mass is 9.99. The standard InChI is InChI=1S/C27H38N10O4/c1-26(2,3)41-25(39)34-27(4,5)22(38)35-8-6-18(7-9-35)37-21-19(16-31-37)20(17-14-29-23(28)30-15-17)32-24(33-21)36-10-12-40-13-11-36/h14-16,18H,6-13H2,1-5H3,(H,34,39)(H2,28,29,30). The number of rotatable bonds is 5. The van der Waals surface area contributed by atoms with Crippen LogP contribution >= 0.6 is 0 Å². The summed E-state index contributed by atoms with van der Waals surface area (Å²) in [6.07, 6.45) is 5.83. The molecular weight excluding hydrogens is 528 g/mol. The number of ether oxygens (including phenoxy) is 2. The highest BCUT2D eigenvalue weighted by Crippen LogP contribution is 2.32. The maximum absolute atomic E-state index is 13.3. The average molecular weight is 567 g/mol. The highest BCUT2D eigenvalue weighted by atomic mass is 16.6. The van der Waals surface area contributed by atoms with Crippen LogP contribution in [0.25, 0.3) is 22.3 Å². The molecule has 3 aromatic rings. The van der Waals surface area contributed by atoms with E-state index in [0.29, 0.717) is 69.5 Å². The maximum Gasteiger partial charge on any atom is 0.408 e. The Balaban J connectivity index is 1.36. The third-order valence-electron chi connectivity index (χ3n) is 7.13. The Bertz CT molecular complexity index is 1400. The first-order chi connectivity index (χ1) is 19.4. The molecule has 3 aromatic heterocycles. The van der Waals surface area contributed by atoms with Crippen molar-refractivity contribution in [1.82, 2.24) is 39.9 Å². The van der Waals surface area contributed by atoms with Gasteiger partial charge in [0.2, 0.25) is 17.8 Å². The summed E-state index contributed by atoms with van der Waals surface area (Å²) in [5.41, 5.74) is 6.09. The first kappa shape index (κ1) is 28.5. The normalized spacial score (nSPS) is 17.1. The van der Waals surface area contributed by atoms with E-state index in [-0.39, 0.29) is 17.9 Å². The summed E-state index contributed by atoms with van der Waals surface area (Å²) >= 11 is 0. The first-order valence-corrected chi connectivity index (χ1v) is 13.9. The van der Waals surface area contributed by atoms with E-state index in [1.807, 2.05) is 4.68 Å². The fraction of sp³-hybridized carbons (Fsp3) is 0.593. The van der Waals surface area contributed by atoms with Gasteiger partial charge in [0.15, 0.2) is 5.65 Å². The van der Waals surface area contributed by atoms with Crippen molar-refractivity contribution in [2.75, 3.05) is 50.0 Å². The number of fused-ring (bicyclic) bond motifs is 1. The number of hydrogen-bond acceptors (Lipinski definition) is 11. The van der Waals surface area contributed by atoms with E-state index in [4.69, 9.17) is 30.3 Å². The molecular formula is C27H38N10O4. The second kappa shape index (κ2) is 11.1. The minimum Gasteiger partial charge on any atom is -0.444 e. The van der Waals surface area contributed by atoms with E-state index in [2.05, 4.69) is 20.2 Å². The molecule has 0 radical (unpaired) electrons. The van der Waals surface area contributed by atoms with Gasteiger partial charge in [0.1, 0.15) is 11.1 Å². The molecule has 2 saturated heterocycles. The topological polar surface area (TPSA) is 167 Å². The number of likely N-dealkylation sites (tertiary alicyclic amines) is 1. The Labute approximate surface area is 238 Å². The van der Waals surface area contributed by atoms with Gasteiger partial charge in [-0.1, -0.05) is 0 Å². The van der Waals surface area contributed by atoms with Crippen LogP contribution in [0.4, 0.5) is 16.7 Å². The zero-order valence-electron chi connectivity index (χ0n) is 24.3. The van der Waals surface area contributed by atoms with Gasteiger partial charge in [-0.2, -0.15) is 10.1 Å². The van der Waals surface area contributed by atoms with E-state index in [0.717, 1.165) is 10.9 Å². The highest BCUT2D eigenvalue weighted by Gasteiger charge is 2.37. The molecule has 5 heterocycles. The maximum atomic E-state index is 13.3. The fourth-order valence-corrected chi connectivity index (χ4v) is 5.09. The van der Waals surface area contributed by atoms with Crippen LogP contribution in [0.2, 0.25) is 0 Å². The molecule has 0 unspecified atom stereocenters. The number of nitrogens with two attached hydrogens (primary N) is 1. The number of piperidine rings is 1. The molecule has 14 heteroatoms. The van der Waals surface area contributed by atoms with Crippen LogP contribution < -0.4 is 16.0 Å². The van der Waals surface area contributed by atoms with Gasteiger partial charge in [-0.05, 0) is 47.5 Å². The lowest BCUT2D eigenvalue weighted by Gasteiger charge is -2.37. The zero-order chi connectivity index (χ0) is 29.4. The Morgan fingerprint density at radius 1 is 1.00 bits per heavy atom. The summed E-state index contributed by atoms with van der Waals surface area (Å²) in [4.78, 5) is 47.7. The molecule has 0 saturated carbocycles. The Hall–Kier alpha value is -4.07. The quantitative estimate of drug-likeness (QED) is 0.464. The summed E-state index contributed by atoms with van der Waals surface area (Å²) in [6, 6.07) is 0.0291. The lowest BCUT2D eigenvalue weighted by molar-refractivity contribution is -0.138. The summed E-state index contributed by atoms with van der Waals surface area (Å²) in [5.74, 6) is 0.626. The van der Waals surface area contributed by atoms with Crippen LogP contribution in [0.15, 0.2) is 18.6 Å². The van der Waals surface area contributed by atoms with Gasteiger partial charge in [-0.25, -0.2) is 24.4 Å². The summed E-state index contributed by atoms with van der Waals surface area (Å²) in [7, 11) is 0. The molecule has 220 valence electrons. The molecule has 3 N–H and O–H groups in total. The molecule has 2 amide bonds. The Morgan fingerprint density at radius 2 is 1.66 bits per heavy atom. The van der Waals surface area contributed by atoms with E-state index in [1.165, 1.54) is 0 Å². The second-order valence-corrected chi connectivity index (χ2v) is 11.9. The third kappa shape index (κ3) is 6.32. The van der Waals surface area contributed by atoms with Gasteiger partial charge in [-0.3, -0.25) is 4.79 Å². The fourth-order valence-electron chi connectivity index (χ4n) is 5.09. The number of alkyl carbamates (subject to hydrolysis) is 1. The van der Waals surface area contributed by atoms with Crippen molar-refractivity contribution in [3.05, 3.63) is 18.6 Å². The number of carbonyl (C=O) groups is 2. The van der Waals surface area contributed by atoms with Crippen molar-refractivity contribution < 1.29 is 19.1 Å². The van der Waals surface area contributed by atoms with Gasteiger partial charge in [0, 0.05) is 44.1 Å². The second-order valence-electron chi connectivity index (χ2n) is 11.9. The monoisotopic (exact) mass is 566 g/mol. The predicted octanol–water partition coefficient (Wildman–Crippen LogP) is 2.17. The van der Waals surface area contributed by atoms with Crippen molar-refractivity contribution >= 4 is 34.9 Å². The molecule has 2 fully saturated rings. The van der Waals surface area contributed by atoms with E-state index < -0.39 is 17.2 Å². The number of nitrogens with zero attached hydrogens (tertiary/aromatic N) is 8. The van der Waals surface area contributed by atoms with Crippen LogP contribution in [0.5, 0.6) is 0 Å². The Morgan fingerprint density at radius 3 is 2.29 bits per heavy atom. The Kier molecular flexibility index (Phi) is 7.68. The van der Waals surface area contributed by atoms with Gasteiger partial charge >= 0.3 is 6.09 Å². The van der Waals surface area contributed by atoms with Gasteiger partial charge in [-0.15, -0.1) is 0 Å². The van der Waals surface area contributed by atoms with E-state index in [9.17, 15) is 9.59 Å². The number of morpholine rings is 1. The van der Waals surface area contributed by atoms with Gasteiger partial charge < -0.3 is 30.3 Å². The number of nitrogen functional groups attached to an aromatic ring is 1. The number of hydrogen-bond donors (Lipinski definition) is 2. The molecule has 0 aromatic carbocycles. The number of anilines is 2. The van der Waals surface area contributed by atoms with Crippen LogP contribution in [-0.2, 0) is 14.3 Å². The molecule has 5 rings (SSSR count). The summed E-state index contributed by atoms with van der Waals surface area (Å²) < 4.78 is 12.8. The van der Waals surface area contributed by atoms with Crippen LogP contribution in [-0.4, -0.2) is 97.1 Å². The molecule has 0 aliphatic carbocycles. The van der Waals surface area contributed by atoms with Crippen molar-refractivity contribution in [1.29, 1.82) is 0 Å². The van der Waals surface area contributed by atoms with Gasteiger partial charge in [0.25, 0.3) is 0 Å². The minimum atomic E-state index is -1.11. The minimum absolute atomic E-state index is 0.0291. The van der Waals surface area contributed by atoms with Gasteiger partial charge in [0.05, 0.1) is 36.5 Å². The van der Waals surface area contributed by atoms with Crippen molar-refractivity contribution in [2.45, 2.75) is 64.6 Å².